The lowest BCUT2D eigenvalue weighted by Crippen LogP contribution is -2.48. The summed E-state index contributed by atoms with van der Waals surface area (Å²) in [6, 6.07) is 7.89. The molecule has 2 atom stereocenters. The van der Waals surface area contributed by atoms with Gasteiger partial charge in [0, 0.05) is 43.8 Å². The molecule has 1 aromatic heterocycles. The second-order valence-electron chi connectivity index (χ2n) is 6.28. The number of hydrogen-bond donors (Lipinski definition) is 0. The summed E-state index contributed by atoms with van der Waals surface area (Å²) in [6.45, 7) is 5.32. The number of benzene rings is 1. The van der Waals surface area contributed by atoms with Gasteiger partial charge in [0.2, 0.25) is 0 Å². The number of hydrogen-bond acceptors (Lipinski definition) is 4. The molecule has 24 heavy (non-hydrogen) atoms. The van der Waals surface area contributed by atoms with Crippen molar-refractivity contribution in [3.8, 4) is 0 Å². The number of nitrogens with zero attached hydrogens (tertiary/aromatic N) is 3. The highest BCUT2D eigenvalue weighted by Gasteiger charge is 2.26. The van der Waals surface area contributed by atoms with Crippen LogP contribution in [0.3, 0.4) is 0 Å². The molecule has 1 aliphatic heterocycles. The van der Waals surface area contributed by atoms with Crippen molar-refractivity contribution in [3.63, 3.8) is 0 Å². The minimum atomic E-state index is 0.0832. The summed E-state index contributed by atoms with van der Waals surface area (Å²) in [5.74, 6) is 0.878. The van der Waals surface area contributed by atoms with Gasteiger partial charge in [0.05, 0.1) is 12.2 Å². The molecule has 0 aliphatic carbocycles. The lowest BCUT2D eigenvalue weighted by Gasteiger charge is -2.35. The van der Waals surface area contributed by atoms with E-state index in [1.165, 1.54) is 0 Å². The van der Waals surface area contributed by atoms with Crippen LogP contribution in [0.4, 0.5) is 0 Å². The number of aromatic nitrogens is 2. The summed E-state index contributed by atoms with van der Waals surface area (Å²) in [5.41, 5.74) is 1.87. The highest BCUT2D eigenvalue weighted by Crippen LogP contribution is 2.22. The third-order valence-electron chi connectivity index (χ3n) is 4.03. The van der Waals surface area contributed by atoms with Crippen LogP contribution in [0.15, 0.2) is 41.8 Å². The second-order valence-corrected chi connectivity index (χ2v) is 7.22. The topological polar surface area (TPSA) is 47.4 Å². The first kappa shape index (κ1) is 17.0. The molecule has 0 bridgehead atoms. The van der Waals surface area contributed by atoms with Gasteiger partial charge >= 0.3 is 0 Å². The van der Waals surface area contributed by atoms with E-state index in [1.807, 2.05) is 54.8 Å². The molecule has 0 saturated carbocycles. The maximum absolute atomic E-state index is 12.8. The van der Waals surface area contributed by atoms with E-state index in [0.29, 0.717) is 13.1 Å². The van der Waals surface area contributed by atoms with Crippen LogP contribution in [0.5, 0.6) is 0 Å². The second kappa shape index (κ2) is 7.40. The molecule has 128 valence electrons. The molecule has 1 aliphatic rings. The molecular weight excluding hydrogens is 322 g/mol. The Hall–Kier alpha value is -1.79. The predicted octanol–water partition coefficient (Wildman–Crippen LogP) is 2.96. The third-order valence-corrected chi connectivity index (χ3v) is 5.15. The Bertz CT molecular complexity index is 706. The highest BCUT2D eigenvalue weighted by atomic mass is 32.2. The Kier molecular flexibility index (Phi) is 5.26. The number of carbonyl (C=O) groups is 1. The van der Waals surface area contributed by atoms with E-state index < -0.39 is 0 Å². The zero-order valence-electron chi connectivity index (χ0n) is 14.3. The van der Waals surface area contributed by atoms with E-state index in [2.05, 4.69) is 11.1 Å². The number of aryl methyl sites for hydroxylation is 1. The molecule has 1 saturated heterocycles. The molecule has 0 N–H and O–H groups in total. The fraction of sp³-hybridized carbons (Fsp3) is 0.444. The van der Waals surface area contributed by atoms with E-state index in [1.54, 1.807) is 18.0 Å². The molecule has 2 heterocycles. The molecule has 3 rings (SSSR count). The van der Waals surface area contributed by atoms with Crippen LogP contribution < -0.4 is 0 Å². The monoisotopic (exact) mass is 345 g/mol. The smallest absolute Gasteiger partial charge is 0.254 e. The fourth-order valence-electron chi connectivity index (χ4n) is 2.96. The van der Waals surface area contributed by atoms with Gasteiger partial charge in [0.1, 0.15) is 0 Å². The van der Waals surface area contributed by atoms with Gasteiger partial charge in [0.25, 0.3) is 5.91 Å². The Morgan fingerprint density at radius 3 is 2.75 bits per heavy atom. The summed E-state index contributed by atoms with van der Waals surface area (Å²) < 4.78 is 7.71. The molecule has 6 heteroatoms. The van der Waals surface area contributed by atoms with Crippen LogP contribution in [-0.4, -0.2) is 45.7 Å². The van der Waals surface area contributed by atoms with Crippen molar-refractivity contribution < 1.29 is 9.53 Å². The van der Waals surface area contributed by atoms with Gasteiger partial charge in [-0.3, -0.25) is 4.79 Å². The fourth-order valence-corrected chi connectivity index (χ4v) is 3.83. The molecule has 0 radical (unpaired) electrons. The number of morpholine rings is 1. The Morgan fingerprint density at radius 2 is 2.08 bits per heavy atom. The van der Waals surface area contributed by atoms with Gasteiger partial charge in [-0.25, -0.2) is 4.98 Å². The van der Waals surface area contributed by atoms with Crippen LogP contribution in [0.25, 0.3) is 0 Å². The van der Waals surface area contributed by atoms with Crippen molar-refractivity contribution in [2.45, 2.75) is 37.0 Å². The number of ether oxygens (including phenoxy) is 1. The zero-order chi connectivity index (χ0) is 17.1. The SMILES string of the molecule is C[C@@H]1CN(C(=O)c2cccc(CSc3nccn3C)c2)C[C@@H](C)O1. The summed E-state index contributed by atoms with van der Waals surface area (Å²) in [5, 5.41) is 0.975. The number of amides is 1. The van der Waals surface area contributed by atoms with Crippen LogP contribution in [0, 0.1) is 0 Å². The minimum Gasteiger partial charge on any atom is -0.372 e. The van der Waals surface area contributed by atoms with Gasteiger partial charge in [0.15, 0.2) is 5.16 Å². The molecule has 2 aromatic rings. The van der Waals surface area contributed by atoms with E-state index in [0.717, 1.165) is 22.0 Å². The first-order valence-corrected chi connectivity index (χ1v) is 9.15. The quantitative estimate of drug-likeness (QED) is 0.800. The largest absolute Gasteiger partial charge is 0.372 e. The van der Waals surface area contributed by atoms with Gasteiger partial charge in [-0.15, -0.1) is 0 Å². The van der Waals surface area contributed by atoms with Gasteiger partial charge in [-0.05, 0) is 31.5 Å². The zero-order valence-corrected chi connectivity index (χ0v) is 15.1. The first-order chi connectivity index (χ1) is 11.5. The van der Waals surface area contributed by atoms with E-state index in [-0.39, 0.29) is 18.1 Å². The predicted molar refractivity (Wildman–Crippen MR) is 95.1 cm³/mol. The standard InChI is InChI=1S/C18H23N3O2S/c1-13-10-21(11-14(2)23-13)17(22)16-6-4-5-15(9-16)12-24-18-19-7-8-20(18)3/h4-9,13-14H,10-12H2,1-3H3/t13-,14-/m1/s1. The molecule has 1 amide bonds. The average Bonchev–Trinajstić information content (AvgIpc) is 2.97. The minimum absolute atomic E-state index is 0.0832. The Labute approximate surface area is 147 Å². The summed E-state index contributed by atoms with van der Waals surface area (Å²) in [7, 11) is 1.98. The number of carbonyl (C=O) groups excluding carboxylic acids is 1. The normalized spacial score (nSPS) is 21.0. The summed E-state index contributed by atoms with van der Waals surface area (Å²) >= 11 is 1.67. The van der Waals surface area contributed by atoms with Crippen LogP contribution in [0.1, 0.15) is 29.8 Å². The van der Waals surface area contributed by atoms with Crippen molar-refractivity contribution in [2.75, 3.05) is 13.1 Å². The van der Waals surface area contributed by atoms with Crippen LogP contribution in [0.2, 0.25) is 0 Å². The molecular formula is C18H23N3O2S. The van der Waals surface area contributed by atoms with Crippen molar-refractivity contribution in [3.05, 3.63) is 47.8 Å². The van der Waals surface area contributed by atoms with E-state index in [9.17, 15) is 4.79 Å². The molecule has 5 nitrogen and oxygen atoms in total. The highest BCUT2D eigenvalue weighted by molar-refractivity contribution is 7.98. The van der Waals surface area contributed by atoms with E-state index >= 15 is 0 Å². The third kappa shape index (κ3) is 3.99. The van der Waals surface area contributed by atoms with Gasteiger partial charge in [-0.1, -0.05) is 23.9 Å². The molecule has 1 fully saturated rings. The maximum atomic E-state index is 12.8. The summed E-state index contributed by atoms with van der Waals surface area (Å²) in [4.78, 5) is 19.0. The van der Waals surface area contributed by atoms with Crippen LogP contribution >= 0.6 is 11.8 Å². The maximum Gasteiger partial charge on any atom is 0.254 e. The van der Waals surface area contributed by atoms with Crippen molar-refractivity contribution in [2.24, 2.45) is 7.05 Å². The number of rotatable bonds is 4. The Morgan fingerprint density at radius 1 is 1.33 bits per heavy atom. The number of imidazole rings is 1. The molecule has 1 aromatic carbocycles. The van der Waals surface area contributed by atoms with Gasteiger partial charge < -0.3 is 14.2 Å². The Balaban J connectivity index is 1.68. The van der Waals surface area contributed by atoms with Gasteiger partial charge in [-0.2, -0.15) is 0 Å². The number of thioether (sulfide) groups is 1. The average molecular weight is 345 g/mol. The lowest BCUT2D eigenvalue weighted by atomic mass is 10.1. The summed E-state index contributed by atoms with van der Waals surface area (Å²) in [6.07, 6.45) is 3.89. The van der Waals surface area contributed by atoms with Crippen molar-refractivity contribution in [1.29, 1.82) is 0 Å². The van der Waals surface area contributed by atoms with Crippen molar-refractivity contribution >= 4 is 17.7 Å². The van der Waals surface area contributed by atoms with Crippen molar-refractivity contribution in [1.82, 2.24) is 14.5 Å². The first-order valence-electron chi connectivity index (χ1n) is 8.16. The molecule has 0 unspecified atom stereocenters. The van der Waals surface area contributed by atoms with Crippen LogP contribution in [-0.2, 0) is 17.5 Å². The molecule has 0 spiro atoms. The lowest BCUT2D eigenvalue weighted by molar-refractivity contribution is -0.0586. The van der Waals surface area contributed by atoms with E-state index in [4.69, 9.17) is 4.74 Å².